The molecule has 4 rings (SSSR count). The largest absolute Gasteiger partial charge is 0.522 e. The lowest BCUT2D eigenvalue weighted by atomic mass is 9.92. The van der Waals surface area contributed by atoms with Crippen LogP contribution in [0, 0.1) is 0 Å². The van der Waals surface area contributed by atoms with Gasteiger partial charge in [-0.3, -0.25) is 14.4 Å². The third-order valence-corrected chi connectivity index (χ3v) is 6.70. The number of fused-ring (bicyclic) bond motifs is 1. The first-order valence-electron chi connectivity index (χ1n) is 12.1. The second-order valence-electron chi connectivity index (χ2n) is 9.13. The highest BCUT2D eigenvalue weighted by Gasteiger charge is 2.35. The Labute approximate surface area is 213 Å². The number of aliphatic carboxylic acids is 1. The minimum absolute atomic E-state index is 0.0459. The highest BCUT2D eigenvalue weighted by molar-refractivity contribution is 6.01. The summed E-state index contributed by atoms with van der Waals surface area (Å²) in [6, 6.07) is 15.6. The number of piperidine rings is 1. The van der Waals surface area contributed by atoms with Gasteiger partial charge in [0.05, 0.1) is 25.9 Å². The average Bonchev–Trinajstić information content (AvgIpc) is 2.86. The summed E-state index contributed by atoms with van der Waals surface area (Å²) >= 11 is 0. The van der Waals surface area contributed by atoms with E-state index in [4.69, 9.17) is 14.6 Å². The molecule has 0 atom stereocenters. The van der Waals surface area contributed by atoms with E-state index >= 15 is 0 Å². The zero-order valence-electron chi connectivity index (χ0n) is 20.8. The minimum Gasteiger partial charge on any atom is -0.496 e. The average molecular weight is 518 g/mol. The van der Waals surface area contributed by atoms with Crippen LogP contribution in [0.15, 0.2) is 48.5 Å². The molecule has 37 heavy (non-hydrogen) atoms. The summed E-state index contributed by atoms with van der Waals surface area (Å²) in [5.41, 5.74) is 3.57. The molecule has 1 saturated heterocycles. The molecule has 0 unspecified atom stereocenters. The molecule has 3 aromatic carbocycles. The fourth-order valence-corrected chi connectivity index (χ4v) is 5.01. The lowest BCUT2D eigenvalue weighted by Gasteiger charge is -2.32. The molecule has 198 valence electrons. The molecule has 3 aromatic rings. The monoisotopic (exact) mass is 517 g/mol. The Bertz CT molecular complexity index is 1230. The molecule has 1 aliphatic rings. The molecule has 6 nitrogen and oxygen atoms in total. The number of hydrogen-bond acceptors (Lipinski definition) is 5. The van der Waals surface area contributed by atoms with Gasteiger partial charge in [0.1, 0.15) is 11.5 Å². The Hall–Kier alpha value is -3.30. The molecule has 0 radical (unpaired) electrons. The van der Waals surface area contributed by atoms with Crippen LogP contribution in [0.2, 0.25) is 0 Å². The number of rotatable bonds is 9. The van der Waals surface area contributed by atoms with Crippen molar-refractivity contribution in [3.63, 3.8) is 0 Å². The number of ether oxygens (including phenoxy) is 3. The smallest absolute Gasteiger partial charge is 0.496 e. The van der Waals surface area contributed by atoms with Crippen molar-refractivity contribution in [2.75, 3.05) is 27.3 Å². The molecule has 1 heterocycles. The summed E-state index contributed by atoms with van der Waals surface area (Å²) in [6.07, 6.45) is -4.33. The van der Waals surface area contributed by atoms with E-state index in [-0.39, 0.29) is 6.42 Å². The van der Waals surface area contributed by atoms with Crippen LogP contribution < -0.4 is 9.47 Å². The summed E-state index contributed by atoms with van der Waals surface area (Å²) < 4.78 is 53.3. The number of carboxylic acids is 1. The number of nitrogens with zero attached hydrogens (tertiary/aromatic N) is 1. The van der Waals surface area contributed by atoms with E-state index in [1.54, 1.807) is 14.2 Å². The number of methoxy groups -OCH3 is 2. The lowest BCUT2D eigenvalue weighted by Crippen LogP contribution is -2.38. The van der Waals surface area contributed by atoms with Crippen LogP contribution in [0.4, 0.5) is 13.2 Å². The molecule has 9 heteroatoms. The Balaban J connectivity index is 1.62. The summed E-state index contributed by atoms with van der Waals surface area (Å²) in [4.78, 5) is 13.2. The molecule has 0 aliphatic carbocycles. The van der Waals surface area contributed by atoms with Crippen molar-refractivity contribution < 1.29 is 37.3 Å². The Kier molecular flexibility index (Phi) is 8.24. The topological polar surface area (TPSA) is 68.2 Å². The minimum atomic E-state index is -4.61. The lowest BCUT2D eigenvalue weighted by molar-refractivity contribution is -0.345. The van der Waals surface area contributed by atoms with Gasteiger partial charge in [-0.25, -0.2) is 0 Å². The van der Waals surface area contributed by atoms with Crippen LogP contribution >= 0.6 is 0 Å². The predicted octanol–water partition coefficient (Wildman–Crippen LogP) is 6.04. The van der Waals surface area contributed by atoms with Gasteiger partial charge in [0.15, 0.2) is 0 Å². The zero-order valence-corrected chi connectivity index (χ0v) is 20.8. The SMILES string of the molecule is COc1cc(CN2CCC(OC(F)(F)F)CC2)cc(OC)c1-c1cccc2c(CCC(=O)O)cccc12. The van der Waals surface area contributed by atoms with Gasteiger partial charge in [-0.2, -0.15) is 0 Å². The van der Waals surface area contributed by atoms with E-state index in [0.29, 0.717) is 50.4 Å². The quantitative estimate of drug-likeness (QED) is 0.373. The Morgan fingerprint density at radius 2 is 1.62 bits per heavy atom. The van der Waals surface area contributed by atoms with Crippen molar-refractivity contribution in [1.29, 1.82) is 0 Å². The number of halogens is 3. The molecule has 1 aliphatic heterocycles. The number of aryl methyl sites for hydroxylation is 1. The number of likely N-dealkylation sites (tertiary alicyclic amines) is 1. The predicted molar refractivity (Wildman–Crippen MR) is 134 cm³/mol. The highest BCUT2D eigenvalue weighted by atomic mass is 19.4. The number of alkyl halides is 3. The first kappa shape index (κ1) is 26.8. The van der Waals surface area contributed by atoms with Crippen molar-refractivity contribution in [1.82, 2.24) is 4.90 Å². The van der Waals surface area contributed by atoms with Crippen LogP contribution in [0.5, 0.6) is 11.5 Å². The van der Waals surface area contributed by atoms with Gasteiger partial charge in [-0.1, -0.05) is 36.4 Å². The molecule has 0 saturated carbocycles. The standard InChI is InChI=1S/C28H30F3NO5/c1-35-24-15-18(17-32-13-11-20(12-14-32)37-28(29,30)31)16-25(36-2)27(24)23-8-4-6-21-19(9-10-26(33)34)5-3-7-22(21)23/h3-8,15-16,20H,9-14,17H2,1-2H3,(H,33,34). The highest BCUT2D eigenvalue weighted by Crippen LogP contribution is 2.43. The Morgan fingerprint density at radius 1 is 1.00 bits per heavy atom. The summed E-state index contributed by atoms with van der Waals surface area (Å²) in [5, 5.41) is 11.1. The van der Waals surface area contributed by atoms with Crippen LogP contribution in [-0.2, 0) is 22.5 Å². The van der Waals surface area contributed by atoms with E-state index in [1.807, 2.05) is 48.5 Å². The first-order chi connectivity index (χ1) is 17.7. The van der Waals surface area contributed by atoms with E-state index in [1.165, 1.54) is 0 Å². The number of carbonyl (C=O) groups is 1. The second kappa shape index (κ2) is 11.4. The molecular formula is C28H30F3NO5. The maximum absolute atomic E-state index is 12.5. The number of carboxylic acid groups (broad SMARTS) is 1. The summed E-state index contributed by atoms with van der Waals surface area (Å²) in [6.45, 7) is 1.53. The zero-order chi connectivity index (χ0) is 26.6. The van der Waals surface area contributed by atoms with Crippen molar-refractivity contribution in [3.8, 4) is 22.6 Å². The van der Waals surface area contributed by atoms with E-state index in [9.17, 15) is 18.0 Å². The van der Waals surface area contributed by atoms with Crippen LogP contribution in [-0.4, -0.2) is 55.8 Å². The normalized spacial score (nSPS) is 15.2. The van der Waals surface area contributed by atoms with Crippen molar-refractivity contribution >= 4 is 16.7 Å². The third-order valence-electron chi connectivity index (χ3n) is 6.70. The molecule has 0 spiro atoms. The Morgan fingerprint density at radius 3 is 2.22 bits per heavy atom. The van der Waals surface area contributed by atoms with E-state index in [0.717, 1.165) is 33.0 Å². The van der Waals surface area contributed by atoms with Crippen LogP contribution in [0.3, 0.4) is 0 Å². The number of benzene rings is 3. The van der Waals surface area contributed by atoms with Gasteiger partial charge in [-0.05, 0) is 58.9 Å². The fourth-order valence-electron chi connectivity index (χ4n) is 5.01. The second-order valence-corrected chi connectivity index (χ2v) is 9.13. The third kappa shape index (κ3) is 6.53. The molecule has 1 fully saturated rings. The molecular weight excluding hydrogens is 487 g/mol. The van der Waals surface area contributed by atoms with Gasteiger partial charge in [-0.15, -0.1) is 13.2 Å². The molecule has 0 aromatic heterocycles. The van der Waals surface area contributed by atoms with Gasteiger partial charge >= 0.3 is 12.3 Å². The summed E-state index contributed by atoms with van der Waals surface area (Å²) in [5.74, 6) is 0.394. The first-order valence-corrected chi connectivity index (χ1v) is 12.1. The van der Waals surface area contributed by atoms with E-state index < -0.39 is 18.4 Å². The van der Waals surface area contributed by atoms with Gasteiger partial charge in [0.2, 0.25) is 0 Å². The molecule has 1 N–H and O–H groups in total. The van der Waals surface area contributed by atoms with Gasteiger partial charge < -0.3 is 14.6 Å². The van der Waals surface area contributed by atoms with Crippen LogP contribution in [0.1, 0.15) is 30.4 Å². The van der Waals surface area contributed by atoms with Gasteiger partial charge in [0.25, 0.3) is 0 Å². The summed E-state index contributed by atoms with van der Waals surface area (Å²) in [7, 11) is 3.18. The van der Waals surface area contributed by atoms with Crippen molar-refractivity contribution in [2.45, 2.75) is 44.7 Å². The van der Waals surface area contributed by atoms with Crippen molar-refractivity contribution in [3.05, 3.63) is 59.7 Å². The van der Waals surface area contributed by atoms with Crippen molar-refractivity contribution in [2.24, 2.45) is 0 Å². The van der Waals surface area contributed by atoms with E-state index in [2.05, 4.69) is 9.64 Å². The fraction of sp³-hybridized carbons (Fsp3) is 0.393. The molecule has 0 bridgehead atoms. The van der Waals surface area contributed by atoms with Crippen LogP contribution in [0.25, 0.3) is 21.9 Å². The van der Waals surface area contributed by atoms with Gasteiger partial charge in [0, 0.05) is 26.1 Å². The maximum Gasteiger partial charge on any atom is 0.522 e. The molecule has 0 amide bonds. The number of hydrogen-bond donors (Lipinski definition) is 1. The maximum atomic E-state index is 12.5.